The molecule has 1 atom stereocenters. The van der Waals surface area contributed by atoms with Crippen molar-refractivity contribution in [1.29, 1.82) is 0 Å². The largest absolute Gasteiger partial charge is 0.493 e. The van der Waals surface area contributed by atoms with E-state index < -0.39 is 23.4 Å². The summed E-state index contributed by atoms with van der Waals surface area (Å²) in [6.07, 6.45) is 0. The highest BCUT2D eigenvalue weighted by Gasteiger charge is 2.32. The first-order chi connectivity index (χ1) is 8.72. The lowest BCUT2D eigenvalue weighted by Crippen LogP contribution is -2.14. The maximum absolute atomic E-state index is 13.6. The van der Waals surface area contributed by atoms with Crippen LogP contribution in [0.25, 0.3) is 0 Å². The molecule has 0 aliphatic rings. The van der Waals surface area contributed by atoms with Crippen molar-refractivity contribution < 1.29 is 28.2 Å². The van der Waals surface area contributed by atoms with Crippen LogP contribution in [-0.2, 0) is 10.7 Å². The zero-order chi connectivity index (χ0) is 14.8. The SMILES string of the molecule is COc1cc(C(C)C(=O)O)cc(C(C)(F)F)c1OC. The minimum Gasteiger partial charge on any atom is -0.493 e. The predicted octanol–water partition coefficient (Wildman–Crippen LogP) is 3.00. The molecular formula is C13H16F2O4. The number of rotatable bonds is 5. The lowest BCUT2D eigenvalue weighted by molar-refractivity contribution is -0.138. The van der Waals surface area contributed by atoms with E-state index in [0.717, 1.165) is 13.0 Å². The first kappa shape index (κ1) is 15.2. The first-order valence-electron chi connectivity index (χ1n) is 5.59. The molecular weight excluding hydrogens is 258 g/mol. The topological polar surface area (TPSA) is 55.8 Å². The zero-order valence-corrected chi connectivity index (χ0v) is 11.2. The van der Waals surface area contributed by atoms with Gasteiger partial charge in [0, 0.05) is 6.92 Å². The van der Waals surface area contributed by atoms with Gasteiger partial charge in [0.15, 0.2) is 11.5 Å². The highest BCUT2D eigenvalue weighted by molar-refractivity contribution is 5.76. The summed E-state index contributed by atoms with van der Waals surface area (Å²) >= 11 is 0. The lowest BCUT2D eigenvalue weighted by atomic mass is 9.96. The second-order valence-corrected chi connectivity index (χ2v) is 4.25. The molecule has 0 fully saturated rings. The van der Waals surface area contributed by atoms with Gasteiger partial charge in [0.1, 0.15) is 0 Å². The Labute approximate surface area is 109 Å². The van der Waals surface area contributed by atoms with E-state index in [4.69, 9.17) is 14.6 Å². The number of carboxylic acids is 1. The average Bonchev–Trinajstić information content (AvgIpc) is 2.34. The fourth-order valence-electron chi connectivity index (χ4n) is 1.70. The monoisotopic (exact) mass is 274 g/mol. The van der Waals surface area contributed by atoms with E-state index in [1.54, 1.807) is 0 Å². The van der Waals surface area contributed by atoms with Gasteiger partial charge in [-0.3, -0.25) is 4.79 Å². The summed E-state index contributed by atoms with van der Waals surface area (Å²) < 4.78 is 37.1. The van der Waals surface area contributed by atoms with E-state index in [9.17, 15) is 13.6 Å². The number of hydrogen-bond acceptors (Lipinski definition) is 3. The Bertz CT molecular complexity index is 480. The summed E-state index contributed by atoms with van der Waals surface area (Å²) in [6, 6.07) is 2.53. The van der Waals surface area contributed by atoms with Crippen molar-refractivity contribution in [2.45, 2.75) is 25.7 Å². The third kappa shape index (κ3) is 3.13. The van der Waals surface area contributed by atoms with Gasteiger partial charge in [-0.1, -0.05) is 0 Å². The number of carboxylic acid groups (broad SMARTS) is 1. The second kappa shape index (κ2) is 5.42. The van der Waals surface area contributed by atoms with Crippen LogP contribution >= 0.6 is 0 Å². The van der Waals surface area contributed by atoms with E-state index in [2.05, 4.69) is 0 Å². The van der Waals surface area contributed by atoms with Crippen LogP contribution in [0, 0.1) is 0 Å². The molecule has 1 aromatic carbocycles. The molecule has 4 nitrogen and oxygen atoms in total. The Hall–Kier alpha value is -1.85. The Morgan fingerprint density at radius 1 is 1.32 bits per heavy atom. The predicted molar refractivity (Wildman–Crippen MR) is 65.2 cm³/mol. The number of aliphatic carboxylic acids is 1. The molecule has 0 aliphatic carbocycles. The molecule has 19 heavy (non-hydrogen) atoms. The third-order valence-electron chi connectivity index (χ3n) is 2.84. The fraction of sp³-hybridized carbons (Fsp3) is 0.462. The molecule has 1 aromatic rings. The van der Waals surface area contributed by atoms with Gasteiger partial charge < -0.3 is 14.6 Å². The van der Waals surface area contributed by atoms with Crippen molar-refractivity contribution in [2.75, 3.05) is 14.2 Å². The van der Waals surface area contributed by atoms with Gasteiger partial charge in [0.05, 0.1) is 25.7 Å². The Kier molecular flexibility index (Phi) is 4.34. The number of alkyl halides is 2. The van der Waals surface area contributed by atoms with Gasteiger partial charge >= 0.3 is 5.97 Å². The number of methoxy groups -OCH3 is 2. The van der Waals surface area contributed by atoms with Crippen LogP contribution in [0.15, 0.2) is 12.1 Å². The van der Waals surface area contributed by atoms with E-state index in [-0.39, 0.29) is 17.1 Å². The van der Waals surface area contributed by atoms with Crippen LogP contribution in [0.2, 0.25) is 0 Å². The van der Waals surface area contributed by atoms with Crippen LogP contribution in [-0.4, -0.2) is 25.3 Å². The standard InChI is InChI=1S/C13H16F2O4/c1-7(12(16)17)8-5-9(13(2,14)15)11(19-4)10(6-8)18-3/h5-7H,1-4H3,(H,16,17). The smallest absolute Gasteiger partial charge is 0.310 e. The highest BCUT2D eigenvalue weighted by atomic mass is 19.3. The molecule has 1 rings (SSSR count). The van der Waals surface area contributed by atoms with Crippen LogP contribution in [0.1, 0.15) is 30.9 Å². The number of ether oxygens (including phenoxy) is 2. The van der Waals surface area contributed by atoms with E-state index in [0.29, 0.717) is 0 Å². The summed E-state index contributed by atoms with van der Waals surface area (Å²) in [5.74, 6) is -5.17. The number of halogens is 2. The van der Waals surface area contributed by atoms with Crippen molar-refractivity contribution in [3.8, 4) is 11.5 Å². The number of benzene rings is 1. The van der Waals surface area contributed by atoms with Crippen molar-refractivity contribution in [2.24, 2.45) is 0 Å². The highest BCUT2D eigenvalue weighted by Crippen LogP contribution is 2.42. The summed E-state index contributed by atoms with van der Waals surface area (Å²) in [5, 5.41) is 8.96. The maximum atomic E-state index is 13.6. The Balaban J connectivity index is 3.51. The van der Waals surface area contributed by atoms with Gasteiger partial charge in [-0.25, -0.2) is 8.78 Å². The van der Waals surface area contributed by atoms with Crippen molar-refractivity contribution in [3.63, 3.8) is 0 Å². The average molecular weight is 274 g/mol. The summed E-state index contributed by atoms with van der Waals surface area (Å²) in [4.78, 5) is 11.0. The summed E-state index contributed by atoms with van der Waals surface area (Å²) in [6.45, 7) is 2.14. The van der Waals surface area contributed by atoms with Crippen LogP contribution in [0.4, 0.5) is 8.78 Å². The minimum atomic E-state index is -3.16. The Morgan fingerprint density at radius 3 is 2.26 bits per heavy atom. The van der Waals surface area contributed by atoms with Crippen molar-refractivity contribution in [1.82, 2.24) is 0 Å². The Morgan fingerprint density at radius 2 is 1.89 bits per heavy atom. The molecule has 106 valence electrons. The lowest BCUT2D eigenvalue weighted by Gasteiger charge is -2.20. The molecule has 0 heterocycles. The molecule has 0 bridgehead atoms. The number of hydrogen-bond donors (Lipinski definition) is 1. The van der Waals surface area contributed by atoms with Crippen LogP contribution < -0.4 is 9.47 Å². The van der Waals surface area contributed by atoms with Gasteiger partial charge in [-0.2, -0.15) is 0 Å². The van der Waals surface area contributed by atoms with E-state index in [1.807, 2.05) is 0 Å². The van der Waals surface area contributed by atoms with Crippen molar-refractivity contribution >= 4 is 5.97 Å². The van der Waals surface area contributed by atoms with E-state index in [1.165, 1.54) is 27.2 Å². The van der Waals surface area contributed by atoms with Gasteiger partial charge in [0.25, 0.3) is 5.92 Å². The molecule has 6 heteroatoms. The third-order valence-corrected chi connectivity index (χ3v) is 2.84. The molecule has 0 saturated heterocycles. The quantitative estimate of drug-likeness (QED) is 0.896. The van der Waals surface area contributed by atoms with Crippen LogP contribution in [0.3, 0.4) is 0 Å². The minimum absolute atomic E-state index is 0.0867. The summed E-state index contributed by atoms with van der Waals surface area (Å²) in [5.41, 5.74) is -0.154. The molecule has 0 aliphatic heterocycles. The molecule has 0 radical (unpaired) electrons. The van der Waals surface area contributed by atoms with Gasteiger partial charge in [-0.15, -0.1) is 0 Å². The second-order valence-electron chi connectivity index (χ2n) is 4.25. The normalized spacial score (nSPS) is 12.9. The molecule has 1 unspecified atom stereocenters. The van der Waals surface area contributed by atoms with Crippen LogP contribution in [0.5, 0.6) is 11.5 Å². The first-order valence-corrected chi connectivity index (χ1v) is 5.59. The number of carbonyl (C=O) groups is 1. The van der Waals surface area contributed by atoms with Gasteiger partial charge in [0.2, 0.25) is 0 Å². The molecule has 0 amide bonds. The molecule has 0 aromatic heterocycles. The molecule has 0 saturated carbocycles. The molecule has 0 spiro atoms. The van der Waals surface area contributed by atoms with Crippen molar-refractivity contribution in [3.05, 3.63) is 23.3 Å². The fourth-order valence-corrected chi connectivity index (χ4v) is 1.70. The molecule has 1 N–H and O–H groups in total. The maximum Gasteiger partial charge on any atom is 0.310 e. The van der Waals surface area contributed by atoms with E-state index >= 15 is 0 Å². The summed E-state index contributed by atoms with van der Waals surface area (Å²) in [7, 11) is 2.57. The zero-order valence-electron chi connectivity index (χ0n) is 11.2. The van der Waals surface area contributed by atoms with Gasteiger partial charge in [-0.05, 0) is 24.6 Å².